The molecule has 1 heterocycles. The number of rotatable bonds is 2. The highest BCUT2D eigenvalue weighted by Crippen LogP contribution is 2.27. The summed E-state index contributed by atoms with van der Waals surface area (Å²) in [6, 6.07) is 9.57. The van der Waals surface area contributed by atoms with Gasteiger partial charge in [0.2, 0.25) is 0 Å². The molecule has 0 atom stereocenters. The number of pyridine rings is 1. The van der Waals surface area contributed by atoms with Crippen LogP contribution < -0.4 is 4.74 Å². The highest BCUT2D eigenvalue weighted by molar-refractivity contribution is 5.68. The summed E-state index contributed by atoms with van der Waals surface area (Å²) in [6.07, 6.45) is 1.52. The van der Waals surface area contributed by atoms with Crippen molar-refractivity contribution in [1.29, 1.82) is 5.26 Å². The summed E-state index contributed by atoms with van der Waals surface area (Å²) in [4.78, 5) is 4.04. The van der Waals surface area contributed by atoms with Crippen molar-refractivity contribution in [3.05, 3.63) is 47.9 Å². The minimum absolute atomic E-state index is 0.265. The van der Waals surface area contributed by atoms with Crippen molar-refractivity contribution in [1.82, 2.24) is 4.98 Å². The third kappa shape index (κ3) is 2.08. The molecule has 0 saturated carbocycles. The molecule has 0 saturated heterocycles. The van der Waals surface area contributed by atoms with E-state index in [4.69, 9.17) is 10.00 Å². The number of benzene rings is 1. The van der Waals surface area contributed by atoms with Crippen LogP contribution >= 0.6 is 0 Å². The fraction of sp³-hybridized carbons (Fsp3) is 0.0769. The molecule has 2 rings (SSSR count). The number of halogens is 1. The van der Waals surface area contributed by atoms with E-state index in [0.717, 1.165) is 0 Å². The van der Waals surface area contributed by atoms with Crippen LogP contribution in [0.4, 0.5) is 4.39 Å². The number of nitrogens with zero attached hydrogens (tertiary/aromatic N) is 2. The fourth-order valence-electron chi connectivity index (χ4n) is 1.52. The lowest BCUT2D eigenvalue weighted by atomic mass is 10.1. The Morgan fingerprint density at radius 2 is 2.18 bits per heavy atom. The van der Waals surface area contributed by atoms with Crippen LogP contribution in [0.3, 0.4) is 0 Å². The second-order valence-corrected chi connectivity index (χ2v) is 3.36. The van der Waals surface area contributed by atoms with E-state index in [1.165, 1.54) is 31.5 Å². The maximum atomic E-state index is 13.7. The van der Waals surface area contributed by atoms with Gasteiger partial charge >= 0.3 is 0 Å². The molecular weight excluding hydrogens is 219 g/mol. The van der Waals surface area contributed by atoms with Crippen LogP contribution in [0.25, 0.3) is 11.3 Å². The van der Waals surface area contributed by atoms with Crippen LogP contribution in [0, 0.1) is 17.1 Å². The Hall–Kier alpha value is -2.41. The summed E-state index contributed by atoms with van der Waals surface area (Å²) in [7, 11) is 1.50. The number of hydrogen-bond donors (Lipinski definition) is 0. The first kappa shape index (κ1) is 11.1. The molecule has 1 aromatic heterocycles. The van der Waals surface area contributed by atoms with Crippen LogP contribution in [-0.2, 0) is 0 Å². The SMILES string of the molecule is COc1ccc(F)c(-c2ncccc2C#N)c1. The molecule has 84 valence electrons. The second-order valence-electron chi connectivity index (χ2n) is 3.36. The molecule has 3 nitrogen and oxygen atoms in total. The van der Waals surface area contributed by atoms with Crippen molar-refractivity contribution in [2.24, 2.45) is 0 Å². The van der Waals surface area contributed by atoms with Gasteiger partial charge in [0.15, 0.2) is 0 Å². The van der Waals surface area contributed by atoms with Crippen molar-refractivity contribution in [2.75, 3.05) is 7.11 Å². The molecule has 0 aliphatic heterocycles. The number of methoxy groups -OCH3 is 1. The molecule has 0 unspecified atom stereocenters. The van der Waals surface area contributed by atoms with Gasteiger partial charge in [-0.3, -0.25) is 4.98 Å². The minimum Gasteiger partial charge on any atom is -0.497 e. The molecule has 4 heteroatoms. The molecule has 0 fully saturated rings. The monoisotopic (exact) mass is 228 g/mol. The van der Waals surface area contributed by atoms with E-state index in [0.29, 0.717) is 17.0 Å². The summed E-state index contributed by atoms with van der Waals surface area (Å²) in [5.41, 5.74) is 0.924. The van der Waals surface area contributed by atoms with Crippen LogP contribution in [0.1, 0.15) is 5.56 Å². The van der Waals surface area contributed by atoms with Crippen molar-refractivity contribution in [3.8, 4) is 23.1 Å². The predicted octanol–water partition coefficient (Wildman–Crippen LogP) is 2.77. The molecular formula is C13H9FN2O. The van der Waals surface area contributed by atoms with Gasteiger partial charge in [0, 0.05) is 11.8 Å². The zero-order valence-corrected chi connectivity index (χ0v) is 9.14. The Labute approximate surface area is 98.1 Å². The molecule has 2 aromatic rings. The molecule has 0 bridgehead atoms. The summed E-state index contributed by atoms with van der Waals surface area (Å²) < 4.78 is 18.7. The average molecular weight is 228 g/mol. The molecule has 0 aliphatic rings. The highest BCUT2D eigenvalue weighted by Gasteiger charge is 2.11. The first-order valence-electron chi connectivity index (χ1n) is 4.95. The number of nitriles is 1. The van der Waals surface area contributed by atoms with Crippen LogP contribution in [-0.4, -0.2) is 12.1 Å². The molecule has 0 spiro atoms. The molecule has 0 aliphatic carbocycles. The molecule has 17 heavy (non-hydrogen) atoms. The Balaban J connectivity index is 2.64. The smallest absolute Gasteiger partial charge is 0.132 e. The van der Waals surface area contributed by atoms with Crippen molar-refractivity contribution in [2.45, 2.75) is 0 Å². The second kappa shape index (κ2) is 4.62. The summed E-state index contributed by atoms with van der Waals surface area (Å²) in [5, 5.41) is 8.95. The Morgan fingerprint density at radius 1 is 1.35 bits per heavy atom. The van der Waals surface area contributed by atoms with E-state index in [1.807, 2.05) is 6.07 Å². The zero-order chi connectivity index (χ0) is 12.3. The fourth-order valence-corrected chi connectivity index (χ4v) is 1.52. The van der Waals surface area contributed by atoms with Gasteiger partial charge in [-0.1, -0.05) is 0 Å². The Kier molecular flexibility index (Phi) is 3.01. The average Bonchev–Trinajstić information content (AvgIpc) is 2.39. The van der Waals surface area contributed by atoms with E-state index >= 15 is 0 Å². The normalized spacial score (nSPS) is 9.71. The van der Waals surface area contributed by atoms with Gasteiger partial charge in [-0.2, -0.15) is 5.26 Å². The number of hydrogen-bond acceptors (Lipinski definition) is 3. The van der Waals surface area contributed by atoms with Crippen molar-refractivity contribution < 1.29 is 9.13 Å². The highest BCUT2D eigenvalue weighted by atomic mass is 19.1. The maximum Gasteiger partial charge on any atom is 0.132 e. The van der Waals surface area contributed by atoms with Crippen LogP contribution in [0.2, 0.25) is 0 Å². The maximum absolute atomic E-state index is 13.7. The number of aromatic nitrogens is 1. The van der Waals surface area contributed by atoms with Crippen molar-refractivity contribution in [3.63, 3.8) is 0 Å². The van der Waals surface area contributed by atoms with E-state index in [2.05, 4.69) is 4.98 Å². The first-order valence-corrected chi connectivity index (χ1v) is 4.95. The summed E-state index contributed by atoms with van der Waals surface area (Å²) in [6.45, 7) is 0. The third-order valence-electron chi connectivity index (χ3n) is 2.36. The van der Waals surface area contributed by atoms with Gasteiger partial charge in [-0.05, 0) is 30.3 Å². The minimum atomic E-state index is -0.430. The van der Waals surface area contributed by atoms with Gasteiger partial charge in [0.05, 0.1) is 18.4 Å². The molecule has 0 N–H and O–H groups in total. The molecule has 1 aromatic carbocycles. The van der Waals surface area contributed by atoms with E-state index in [9.17, 15) is 4.39 Å². The summed E-state index contributed by atoms with van der Waals surface area (Å²) in [5.74, 6) is 0.0944. The predicted molar refractivity (Wildman–Crippen MR) is 60.9 cm³/mol. The van der Waals surface area contributed by atoms with Gasteiger partial charge in [-0.25, -0.2) is 4.39 Å². The molecule has 0 amide bonds. The lowest BCUT2D eigenvalue weighted by Gasteiger charge is -2.06. The largest absolute Gasteiger partial charge is 0.497 e. The van der Waals surface area contributed by atoms with Crippen LogP contribution in [0.15, 0.2) is 36.5 Å². The van der Waals surface area contributed by atoms with E-state index < -0.39 is 5.82 Å². The standard InChI is InChI=1S/C13H9FN2O/c1-17-10-4-5-12(14)11(7-10)13-9(8-15)3-2-6-16-13/h2-7H,1H3. The Morgan fingerprint density at radius 3 is 2.88 bits per heavy atom. The van der Waals surface area contributed by atoms with Gasteiger partial charge < -0.3 is 4.74 Å². The quantitative estimate of drug-likeness (QED) is 0.793. The first-order chi connectivity index (χ1) is 8.26. The van der Waals surface area contributed by atoms with Crippen LogP contribution in [0.5, 0.6) is 5.75 Å². The third-order valence-corrected chi connectivity index (χ3v) is 2.36. The lowest BCUT2D eigenvalue weighted by molar-refractivity contribution is 0.414. The molecule has 0 radical (unpaired) electrons. The topological polar surface area (TPSA) is 45.9 Å². The lowest BCUT2D eigenvalue weighted by Crippen LogP contribution is -1.93. The zero-order valence-electron chi connectivity index (χ0n) is 9.14. The van der Waals surface area contributed by atoms with Gasteiger partial charge in [-0.15, -0.1) is 0 Å². The van der Waals surface area contributed by atoms with E-state index in [-0.39, 0.29) is 5.56 Å². The van der Waals surface area contributed by atoms with Gasteiger partial charge in [0.1, 0.15) is 17.6 Å². The number of ether oxygens (including phenoxy) is 1. The van der Waals surface area contributed by atoms with Crippen molar-refractivity contribution >= 4 is 0 Å². The Bertz CT molecular complexity index is 590. The summed E-state index contributed by atoms with van der Waals surface area (Å²) >= 11 is 0. The van der Waals surface area contributed by atoms with E-state index in [1.54, 1.807) is 12.1 Å². The van der Waals surface area contributed by atoms with Gasteiger partial charge in [0.25, 0.3) is 0 Å².